The zero-order valence-electron chi connectivity index (χ0n) is 22.8. The zero-order valence-corrected chi connectivity index (χ0v) is 23.6. The van der Waals surface area contributed by atoms with Crippen molar-refractivity contribution in [2.45, 2.75) is 4.90 Å². The number of aromatic nitrogens is 3. The van der Waals surface area contributed by atoms with Gasteiger partial charge in [0.05, 0.1) is 0 Å². The summed E-state index contributed by atoms with van der Waals surface area (Å²) >= 11 is 0. The molecule has 0 aliphatic heterocycles. The van der Waals surface area contributed by atoms with E-state index in [0.717, 1.165) is 16.7 Å². The Morgan fingerprint density at radius 3 is 1.68 bits per heavy atom. The Balaban J connectivity index is 1.45. The highest BCUT2D eigenvalue weighted by atomic mass is 32.3. The minimum Gasteiger partial charge on any atom is -0.223 e. The molecule has 0 unspecified atom stereocenters. The Bertz CT molecular complexity index is 2040. The lowest BCUT2D eigenvalue weighted by Gasteiger charge is -2.26. The molecule has 0 fully saturated rings. The van der Waals surface area contributed by atoms with Crippen LogP contribution in [-0.2, 0) is 0 Å². The van der Waals surface area contributed by atoms with Gasteiger partial charge in [-0.2, -0.15) is 0 Å². The summed E-state index contributed by atoms with van der Waals surface area (Å²) in [4.78, 5) is 16.3. The molecule has 0 spiro atoms. The van der Waals surface area contributed by atoms with Crippen LogP contribution in [0.1, 0.15) is 0 Å². The highest BCUT2D eigenvalue weighted by Gasteiger charge is 2.15. The van der Waals surface area contributed by atoms with Crippen molar-refractivity contribution in [1.82, 2.24) is 15.0 Å². The standard InChI is InChI=1S/C36H29N3S/c1-40(2,3)29-14-9-13-27(22-29)35-37-34(26-11-5-4-6-12-26)38-36(39-35)28-17-16-25-19-20-31-30-15-8-7-10-24(30)18-21-32(31)33(25)23-28/h4-23H,1-3H3. The van der Waals surface area contributed by atoms with E-state index < -0.39 is 10.0 Å². The predicted octanol–water partition coefficient (Wildman–Crippen LogP) is 9.39. The van der Waals surface area contributed by atoms with Gasteiger partial charge in [-0.05, 0) is 68.1 Å². The summed E-state index contributed by atoms with van der Waals surface area (Å²) in [5.41, 5.74) is 2.97. The van der Waals surface area contributed by atoms with Gasteiger partial charge in [0.1, 0.15) is 0 Å². The van der Waals surface area contributed by atoms with Crippen molar-refractivity contribution in [3.05, 3.63) is 121 Å². The molecule has 0 aliphatic rings. The van der Waals surface area contributed by atoms with Crippen LogP contribution in [0.3, 0.4) is 0 Å². The van der Waals surface area contributed by atoms with Crippen molar-refractivity contribution in [1.29, 1.82) is 0 Å². The quantitative estimate of drug-likeness (QED) is 0.211. The Kier molecular flexibility index (Phi) is 5.87. The van der Waals surface area contributed by atoms with E-state index in [-0.39, 0.29) is 0 Å². The van der Waals surface area contributed by atoms with Crippen LogP contribution >= 0.6 is 10.0 Å². The van der Waals surface area contributed by atoms with Gasteiger partial charge < -0.3 is 0 Å². The van der Waals surface area contributed by atoms with Crippen LogP contribution in [0.25, 0.3) is 66.5 Å². The molecule has 0 atom stereocenters. The molecular weight excluding hydrogens is 506 g/mol. The topological polar surface area (TPSA) is 38.7 Å². The molecule has 0 amide bonds. The molecule has 4 heteroatoms. The molecular formula is C36H29N3S. The second-order valence-electron chi connectivity index (χ2n) is 10.9. The van der Waals surface area contributed by atoms with Crippen LogP contribution in [0.4, 0.5) is 0 Å². The number of hydrogen-bond acceptors (Lipinski definition) is 3. The summed E-state index contributed by atoms with van der Waals surface area (Å²) in [6, 6.07) is 42.8. The maximum Gasteiger partial charge on any atom is 0.164 e. The monoisotopic (exact) mass is 535 g/mol. The highest BCUT2D eigenvalue weighted by molar-refractivity contribution is 8.32. The molecule has 3 nitrogen and oxygen atoms in total. The first-order chi connectivity index (χ1) is 19.4. The summed E-state index contributed by atoms with van der Waals surface area (Å²) < 4.78 is 0. The fraction of sp³-hybridized carbons (Fsp3) is 0.0833. The zero-order chi connectivity index (χ0) is 27.3. The van der Waals surface area contributed by atoms with Crippen molar-refractivity contribution >= 4 is 42.3 Å². The smallest absolute Gasteiger partial charge is 0.164 e. The Hall–Kier alpha value is -4.54. The minimum absolute atomic E-state index is 0.678. The van der Waals surface area contributed by atoms with Crippen molar-refractivity contribution in [3.8, 4) is 34.2 Å². The summed E-state index contributed by atoms with van der Waals surface area (Å²) in [6.45, 7) is 0. The van der Waals surface area contributed by atoms with Gasteiger partial charge in [0.15, 0.2) is 17.5 Å². The molecule has 0 radical (unpaired) electrons. The molecule has 7 aromatic rings. The van der Waals surface area contributed by atoms with Gasteiger partial charge in [0.2, 0.25) is 0 Å². The van der Waals surface area contributed by atoms with Crippen LogP contribution in [0.5, 0.6) is 0 Å². The second-order valence-corrected chi connectivity index (χ2v) is 15.1. The lowest BCUT2D eigenvalue weighted by atomic mass is 9.96. The van der Waals surface area contributed by atoms with E-state index >= 15 is 0 Å². The lowest BCUT2D eigenvalue weighted by molar-refractivity contribution is 1.07. The molecule has 1 heterocycles. The molecule has 0 saturated heterocycles. The number of rotatable bonds is 4. The number of fused-ring (bicyclic) bond motifs is 5. The Morgan fingerprint density at radius 2 is 0.950 bits per heavy atom. The summed E-state index contributed by atoms with van der Waals surface area (Å²) in [6.07, 6.45) is 6.93. The Labute approximate surface area is 235 Å². The van der Waals surface area contributed by atoms with E-state index in [0.29, 0.717) is 17.5 Å². The largest absolute Gasteiger partial charge is 0.223 e. The van der Waals surface area contributed by atoms with E-state index in [1.54, 1.807) is 0 Å². The van der Waals surface area contributed by atoms with Crippen LogP contribution in [0.2, 0.25) is 0 Å². The number of benzene rings is 6. The molecule has 0 aliphatic carbocycles. The van der Waals surface area contributed by atoms with Gasteiger partial charge in [-0.25, -0.2) is 25.0 Å². The maximum absolute atomic E-state index is 5.05. The van der Waals surface area contributed by atoms with E-state index in [1.807, 2.05) is 18.2 Å². The van der Waals surface area contributed by atoms with Gasteiger partial charge in [-0.1, -0.05) is 109 Å². The van der Waals surface area contributed by atoms with Crippen molar-refractivity contribution in [2.75, 3.05) is 18.8 Å². The molecule has 1 aromatic heterocycles. The van der Waals surface area contributed by atoms with Crippen molar-refractivity contribution < 1.29 is 0 Å². The van der Waals surface area contributed by atoms with E-state index in [2.05, 4.69) is 122 Å². The second kappa shape index (κ2) is 9.58. The van der Waals surface area contributed by atoms with Gasteiger partial charge in [-0.3, -0.25) is 0 Å². The van der Waals surface area contributed by atoms with Gasteiger partial charge >= 0.3 is 0 Å². The van der Waals surface area contributed by atoms with Crippen molar-refractivity contribution in [3.63, 3.8) is 0 Å². The number of hydrogen-bond donors (Lipinski definition) is 0. The number of nitrogens with zero attached hydrogens (tertiary/aromatic N) is 3. The highest BCUT2D eigenvalue weighted by Crippen LogP contribution is 2.46. The van der Waals surface area contributed by atoms with Crippen LogP contribution < -0.4 is 0 Å². The van der Waals surface area contributed by atoms with Crippen LogP contribution in [-0.4, -0.2) is 33.7 Å². The summed E-state index contributed by atoms with van der Waals surface area (Å²) in [5.74, 6) is 2.05. The van der Waals surface area contributed by atoms with Gasteiger partial charge in [0, 0.05) is 16.7 Å². The third-order valence-electron chi connectivity index (χ3n) is 7.47. The van der Waals surface area contributed by atoms with E-state index in [4.69, 9.17) is 15.0 Å². The third-order valence-corrected chi connectivity index (χ3v) is 9.14. The summed E-state index contributed by atoms with van der Waals surface area (Å²) in [7, 11) is -0.890. The molecule has 0 saturated carbocycles. The van der Waals surface area contributed by atoms with Gasteiger partial charge in [0.25, 0.3) is 0 Å². The molecule has 6 aromatic carbocycles. The lowest BCUT2D eigenvalue weighted by Crippen LogP contribution is -2.01. The fourth-order valence-corrected chi connectivity index (χ4v) is 6.29. The van der Waals surface area contributed by atoms with E-state index in [1.165, 1.54) is 37.2 Å². The SMILES string of the molecule is CS(C)(C)c1cccc(-c2nc(-c3ccccc3)nc(-c3ccc4ccc5c6ccccc6ccc5c4c3)n2)c1. The van der Waals surface area contributed by atoms with Crippen LogP contribution in [0.15, 0.2) is 126 Å². The molecule has 0 bridgehead atoms. The van der Waals surface area contributed by atoms with Crippen LogP contribution in [0, 0.1) is 0 Å². The van der Waals surface area contributed by atoms with Gasteiger partial charge in [-0.15, -0.1) is 0 Å². The first kappa shape index (κ1) is 24.5. The fourth-order valence-electron chi connectivity index (χ4n) is 5.32. The summed E-state index contributed by atoms with van der Waals surface area (Å²) in [5, 5.41) is 7.40. The molecule has 0 N–H and O–H groups in total. The predicted molar refractivity (Wildman–Crippen MR) is 172 cm³/mol. The van der Waals surface area contributed by atoms with E-state index in [9.17, 15) is 0 Å². The molecule has 7 rings (SSSR count). The maximum atomic E-state index is 5.05. The third kappa shape index (κ3) is 4.41. The van der Waals surface area contributed by atoms with Crippen molar-refractivity contribution in [2.24, 2.45) is 0 Å². The minimum atomic E-state index is -0.890. The molecule has 194 valence electrons. The molecule has 40 heavy (non-hydrogen) atoms. The average molecular weight is 536 g/mol. The average Bonchev–Trinajstić information content (AvgIpc) is 3.00. The first-order valence-electron chi connectivity index (χ1n) is 13.4. The Morgan fingerprint density at radius 1 is 0.400 bits per heavy atom. The first-order valence-corrected chi connectivity index (χ1v) is 16.2. The normalized spacial score (nSPS) is 12.3.